The van der Waals surface area contributed by atoms with Crippen molar-refractivity contribution in [2.45, 2.75) is 33.6 Å². The monoisotopic (exact) mass is 392 g/mol. The van der Waals surface area contributed by atoms with Gasteiger partial charge in [0.15, 0.2) is 0 Å². The van der Waals surface area contributed by atoms with E-state index in [1.165, 1.54) is 0 Å². The number of hydrogen-bond acceptors (Lipinski definition) is 4. The number of nitrogens with one attached hydrogen (secondary N) is 1. The SMILES string of the molecule is CCN(CC)C(=O)Cc1ccc(NC(=O)c2ccc(N3CCC(C)=N3)cc2)cc1. The molecule has 6 nitrogen and oxygen atoms in total. The molecule has 0 unspecified atom stereocenters. The minimum absolute atomic E-state index is 0.115. The van der Waals surface area contributed by atoms with Crippen molar-refractivity contribution in [1.29, 1.82) is 0 Å². The molecule has 0 saturated carbocycles. The Balaban J connectivity index is 1.58. The predicted molar refractivity (Wildman–Crippen MR) is 118 cm³/mol. The Labute approximate surface area is 172 Å². The molecule has 0 atom stereocenters. The van der Waals surface area contributed by atoms with E-state index in [1.807, 2.05) is 79.2 Å². The summed E-state index contributed by atoms with van der Waals surface area (Å²) in [5.74, 6) is -0.0472. The number of hydrogen-bond donors (Lipinski definition) is 1. The Morgan fingerprint density at radius 2 is 1.69 bits per heavy atom. The van der Waals surface area contributed by atoms with Crippen LogP contribution in [0.15, 0.2) is 53.6 Å². The molecule has 6 heteroatoms. The van der Waals surface area contributed by atoms with Crippen LogP contribution in [0.4, 0.5) is 11.4 Å². The van der Waals surface area contributed by atoms with Crippen molar-refractivity contribution in [3.8, 4) is 0 Å². The van der Waals surface area contributed by atoms with E-state index in [0.29, 0.717) is 30.8 Å². The largest absolute Gasteiger partial charge is 0.343 e. The van der Waals surface area contributed by atoms with Crippen LogP contribution in [-0.4, -0.2) is 42.1 Å². The average Bonchev–Trinajstić information content (AvgIpc) is 3.17. The summed E-state index contributed by atoms with van der Waals surface area (Å²) in [4.78, 5) is 26.5. The summed E-state index contributed by atoms with van der Waals surface area (Å²) < 4.78 is 0. The lowest BCUT2D eigenvalue weighted by molar-refractivity contribution is -0.130. The Bertz CT molecular complexity index is 884. The third-order valence-electron chi connectivity index (χ3n) is 5.09. The Morgan fingerprint density at radius 3 is 2.24 bits per heavy atom. The maximum Gasteiger partial charge on any atom is 0.255 e. The zero-order chi connectivity index (χ0) is 20.8. The molecule has 0 bridgehead atoms. The molecule has 0 spiro atoms. The average molecular weight is 393 g/mol. The highest BCUT2D eigenvalue weighted by molar-refractivity contribution is 6.04. The third kappa shape index (κ3) is 5.22. The summed E-state index contributed by atoms with van der Waals surface area (Å²) in [6.07, 6.45) is 1.34. The van der Waals surface area contributed by atoms with Crippen molar-refractivity contribution in [3.05, 3.63) is 59.7 Å². The van der Waals surface area contributed by atoms with Crippen LogP contribution in [-0.2, 0) is 11.2 Å². The van der Waals surface area contributed by atoms with Gasteiger partial charge in [0.2, 0.25) is 5.91 Å². The van der Waals surface area contributed by atoms with Gasteiger partial charge in [-0.05, 0) is 62.7 Å². The van der Waals surface area contributed by atoms with Crippen molar-refractivity contribution >= 4 is 28.9 Å². The van der Waals surface area contributed by atoms with Crippen molar-refractivity contribution in [1.82, 2.24) is 4.90 Å². The lowest BCUT2D eigenvalue weighted by Crippen LogP contribution is -2.31. The fourth-order valence-electron chi connectivity index (χ4n) is 3.32. The summed E-state index contributed by atoms with van der Waals surface area (Å²) >= 11 is 0. The number of amides is 2. The number of carbonyl (C=O) groups excluding carboxylic acids is 2. The Morgan fingerprint density at radius 1 is 1.03 bits per heavy atom. The zero-order valence-corrected chi connectivity index (χ0v) is 17.3. The van der Waals surface area contributed by atoms with E-state index in [2.05, 4.69) is 10.4 Å². The molecule has 0 saturated heterocycles. The van der Waals surface area contributed by atoms with Gasteiger partial charge in [-0.3, -0.25) is 14.6 Å². The molecular formula is C23H28N4O2. The van der Waals surface area contributed by atoms with Gasteiger partial charge in [-0.2, -0.15) is 5.10 Å². The molecule has 1 heterocycles. The molecule has 152 valence electrons. The first kappa shape index (κ1) is 20.6. The minimum atomic E-state index is -0.162. The highest BCUT2D eigenvalue weighted by Crippen LogP contribution is 2.20. The van der Waals surface area contributed by atoms with Gasteiger partial charge in [-0.1, -0.05) is 12.1 Å². The normalized spacial score (nSPS) is 13.2. The second-order valence-electron chi connectivity index (χ2n) is 7.15. The van der Waals surface area contributed by atoms with Crippen molar-refractivity contribution in [2.24, 2.45) is 5.10 Å². The number of carbonyl (C=O) groups is 2. The molecular weight excluding hydrogens is 364 g/mol. The molecule has 2 amide bonds. The van der Waals surface area contributed by atoms with E-state index in [1.54, 1.807) is 0 Å². The Kier molecular flexibility index (Phi) is 6.65. The van der Waals surface area contributed by atoms with Crippen LogP contribution in [0.5, 0.6) is 0 Å². The van der Waals surface area contributed by atoms with E-state index in [0.717, 1.165) is 29.9 Å². The first-order valence-electron chi connectivity index (χ1n) is 10.1. The summed E-state index contributed by atoms with van der Waals surface area (Å²) in [5.41, 5.74) is 4.34. The van der Waals surface area contributed by atoms with Crippen LogP contribution in [0.2, 0.25) is 0 Å². The van der Waals surface area contributed by atoms with Gasteiger partial charge in [0.25, 0.3) is 5.91 Å². The summed E-state index contributed by atoms with van der Waals surface area (Å²) in [6.45, 7) is 8.28. The van der Waals surface area contributed by atoms with Gasteiger partial charge in [-0.25, -0.2) is 0 Å². The van der Waals surface area contributed by atoms with Crippen LogP contribution in [0.3, 0.4) is 0 Å². The van der Waals surface area contributed by atoms with Crippen LogP contribution in [0.1, 0.15) is 43.1 Å². The standard InChI is InChI=1S/C23H28N4O2/c1-4-26(5-2)22(28)16-18-6-10-20(11-7-18)24-23(29)19-8-12-21(13-9-19)27-15-14-17(3)25-27/h6-13H,4-5,14-16H2,1-3H3,(H,24,29). The first-order valence-corrected chi connectivity index (χ1v) is 10.1. The molecule has 1 aliphatic rings. The number of likely N-dealkylation sites (N-methyl/N-ethyl adjacent to an activating group) is 1. The minimum Gasteiger partial charge on any atom is -0.343 e. The van der Waals surface area contributed by atoms with Crippen LogP contribution >= 0.6 is 0 Å². The Hall–Kier alpha value is -3.15. The van der Waals surface area contributed by atoms with E-state index >= 15 is 0 Å². The fourth-order valence-corrected chi connectivity index (χ4v) is 3.32. The topological polar surface area (TPSA) is 65.0 Å². The van der Waals surface area contributed by atoms with E-state index in [9.17, 15) is 9.59 Å². The quantitative estimate of drug-likeness (QED) is 0.776. The van der Waals surface area contributed by atoms with Gasteiger partial charge < -0.3 is 10.2 Å². The molecule has 1 aliphatic heterocycles. The van der Waals surface area contributed by atoms with E-state index in [-0.39, 0.29) is 11.8 Å². The second-order valence-corrected chi connectivity index (χ2v) is 7.15. The first-order chi connectivity index (χ1) is 14.0. The molecule has 3 rings (SSSR count). The lowest BCUT2D eigenvalue weighted by atomic mass is 10.1. The second kappa shape index (κ2) is 9.37. The maximum atomic E-state index is 12.5. The summed E-state index contributed by atoms with van der Waals surface area (Å²) in [6, 6.07) is 14.9. The number of hydrazone groups is 1. The van der Waals surface area contributed by atoms with Gasteiger partial charge in [0.1, 0.15) is 0 Å². The van der Waals surface area contributed by atoms with Gasteiger partial charge >= 0.3 is 0 Å². The molecule has 1 N–H and O–H groups in total. The molecule has 2 aromatic rings. The molecule has 29 heavy (non-hydrogen) atoms. The van der Waals surface area contributed by atoms with Crippen molar-refractivity contribution < 1.29 is 9.59 Å². The van der Waals surface area contributed by atoms with E-state index in [4.69, 9.17) is 0 Å². The fraction of sp³-hybridized carbons (Fsp3) is 0.348. The number of nitrogens with zero attached hydrogens (tertiary/aromatic N) is 3. The van der Waals surface area contributed by atoms with Gasteiger partial charge in [0.05, 0.1) is 12.1 Å². The van der Waals surface area contributed by atoms with Gasteiger partial charge in [-0.15, -0.1) is 0 Å². The van der Waals surface area contributed by atoms with E-state index < -0.39 is 0 Å². The lowest BCUT2D eigenvalue weighted by Gasteiger charge is -2.18. The molecule has 0 radical (unpaired) electrons. The predicted octanol–water partition coefficient (Wildman–Crippen LogP) is 3.94. The zero-order valence-electron chi connectivity index (χ0n) is 17.3. The van der Waals surface area contributed by atoms with Crippen LogP contribution < -0.4 is 10.3 Å². The molecule has 2 aromatic carbocycles. The third-order valence-corrected chi connectivity index (χ3v) is 5.09. The van der Waals surface area contributed by atoms with Gasteiger partial charge in [0, 0.05) is 43.0 Å². The van der Waals surface area contributed by atoms with Crippen molar-refractivity contribution in [2.75, 3.05) is 30.0 Å². The summed E-state index contributed by atoms with van der Waals surface area (Å²) in [7, 11) is 0. The number of rotatable bonds is 7. The smallest absolute Gasteiger partial charge is 0.255 e. The van der Waals surface area contributed by atoms with Crippen molar-refractivity contribution in [3.63, 3.8) is 0 Å². The maximum absolute atomic E-state index is 12.5. The summed E-state index contributed by atoms with van der Waals surface area (Å²) in [5, 5.41) is 9.33. The number of benzene rings is 2. The van der Waals surface area contributed by atoms with Crippen LogP contribution in [0.25, 0.3) is 0 Å². The molecule has 0 aromatic heterocycles. The highest BCUT2D eigenvalue weighted by atomic mass is 16.2. The molecule has 0 aliphatic carbocycles. The highest BCUT2D eigenvalue weighted by Gasteiger charge is 2.14. The van der Waals surface area contributed by atoms with Crippen LogP contribution in [0, 0.1) is 0 Å². The molecule has 0 fully saturated rings. The number of anilines is 2.